The Morgan fingerprint density at radius 1 is 0.714 bits per heavy atom. The lowest BCUT2D eigenvalue weighted by Gasteiger charge is -2.40. The fourth-order valence-corrected chi connectivity index (χ4v) is 4.73. The summed E-state index contributed by atoms with van der Waals surface area (Å²) in [5, 5.41) is 0. The molecule has 0 aromatic heterocycles. The molecule has 3 aliphatic rings. The van der Waals surface area contributed by atoms with Gasteiger partial charge in [-0.05, 0) is 50.4 Å². The maximum atomic E-state index is 12.6. The molecule has 3 aliphatic carbocycles. The molecule has 0 heterocycles. The molecule has 118 valence electrons. The van der Waals surface area contributed by atoms with Gasteiger partial charge in [-0.15, -0.1) is 0 Å². The fraction of sp³-hybridized carbons (Fsp3) is 0.895. The van der Waals surface area contributed by atoms with Gasteiger partial charge < -0.3 is 0 Å². The van der Waals surface area contributed by atoms with E-state index in [-0.39, 0.29) is 0 Å². The monoisotopic (exact) mass is 290 g/mol. The molecule has 0 aromatic carbocycles. The van der Waals surface area contributed by atoms with Gasteiger partial charge in [0, 0.05) is 24.7 Å². The second-order valence-corrected chi connectivity index (χ2v) is 7.66. The first-order valence-electron chi connectivity index (χ1n) is 9.31. The Bertz CT molecular complexity index is 381. The van der Waals surface area contributed by atoms with Crippen LogP contribution in [0.2, 0.25) is 0 Å². The number of hydrogen-bond acceptors (Lipinski definition) is 2. The molecule has 3 unspecified atom stereocenters. The van der Waals surface area contributed by atoms with E-state index in [1.165, 1.54) is 38.5 Å². The summed E-state index contributed by atoms with van der Waals surface area (Å²) < 4.78 is 0. The Kier molecular flexibility index (Phi) is 5.13. The third-order valence-corrected chi connectivity index (χ3v) is 6.12. The highest BCUT2D eigenvalue weighted by Crippen LogP contribution is 2.44. The molecule has 0 aromatic rings. The van der Waals surface area contributed by atoms with Crippen LogP contribution in [-0.2, 0) is 9.59 Å². The first-order valence-corrected chi connectivity index (χ1v) is 9.31. The van der Waals surface area contributed by atoms with Crippen LogP contribution in [-0.4, -0.2) is 11.6 Å². The number of unbranched alkanes of at least 4 members (excludes halogenated alkanes) is 1. The first kappa shape index (κ1) is 15.2. The summed E-state index contributed by atoms with van der Waals surface area (Å²) in [5.41, 5.74) is 0. The molecular weight excluding hydrogens is 260 g/mol. The summed E-state index contributed by atoms with van der Waals surface area (Å²) in [6.07, 6.45) is 14.7. The predicted octanol–water partition coefficient (Wildman–Crippen LogP) is 4.70. The molecule has 0 radical (unpaired) electrons. The lowest BCUT2D eigenvalue weighted by atomic mass is 9.64. The van der Waals surface area contributed by atoms with E-state index >= 15 is 0 Å². The normalized spacial score (nSPS) is 32.5. The molecule has 0 bridgehead atoms. The van der Waals surface area contributed by atoms with Crippen LogP contribution in [0.3, 0.4) is 0 Å². The molecule has 21 heavy (non-hydrogen) atoms. The lowest BCUT2D eigenvalue weighted by molar-refractivity contribution is -0.127. The van der Waals surface area contributed by atoms with Crippen molar-refractivity contribution in [2.24, 2.45) is 23.7 Å². The van der Waals surface area contributed by atoms with Gasteiger partial charge in [0.05, 0.1) is 0 Å². The molecule has 0 aliphatic heterocycles. The summed E-state index contributed by atoms with van der Waals surface area (Å²) in [6, 6.07) is 0. The molecule has 0 amide bonds. The predicted molar refractivity (Wildman–Crippen MR) is 84.0 cm³/mol. The SMILES string of the molecule is O=C(CCCCC(=O)C1CCCC2CCCCC21)C1CC1. The molecular formula is C19H30O2. The van der Waals surface area contributed by atoms with E-state index in [0.717, 1.165) is 44.4 Å². The van der Waals surface area contributed by atoms with Crippen LogP contribution in [0.1, 0.15) is 83.5 Å². The molecule has 3 atom stereocenters. The van der Waals surface area contributed by atoms with Gasteiger partial charge in [0.15, 0.2) is 0 Å². The highest BCUT2D eigenvalue weighted by molar-refractivity contribution is 5.83. The van der Waals surface area contributed by atoms with Gasteiger partial charge >= 0.3 is 0 Å². The van der Waals surface area contributed by atoms with Crippen molar-refractivity contribution in [1.29, 1.82) is 0 Å². The molecule has 2 heteroatoms. The van der Waals surface area contributed by atoms with Crippen molar-refractivity contribution >= 4 is 11.6 Å². The average Bonchev–Trinajstić information content (AvgIpc) is 3.35. The van der Waals surface area contributed by atoms with Crippen molar-refractivity contribution in [1.82, 2.24) is 0 Å². The Balaban J connectivity index is 1.40. The zero-order valence-corrected chi connectivity index (χ0v) is 13.3. The van der Waals surface area contributed by atoms with Crippen LogP contribution in [0, 0.1) is 23.7 Å². The van der Waals surface area contributed by atoms with Crippen LogP contribution in [0.15, 0.2) is 0 Å². The molecule has 0 N–H and O–H groups in total. The summed E-state index contributed by atoms with van der Waals surface area (Å²) >= 11 is 0. The van der Waals surface area contributed by atoms with Gasteiger partial charge in [0.1, 0.15) is 11.6 Å². The van der Waals surface area contributed by atoms with E-state index in [4.69, 9.17) is 0 Å². The summed E-state index contributed by atoms with van der Waals surface area (Å²) in [5.74, 6) is 3.27. The quantitative estimate of drug-likeness (QED) is 0.637. The van der Waals surface area contributed by atoms with Crippen molar-refractivity contribution in [3.63, 3.8) is 0 Å². The number of hydrogen-bond donors (Lipinski definition) is 0. The Labute approximate surface area is 129 Å². The fourth-order valence-electron chi connectivity index (χ4n) is 4.73. The maximum Gasteiger partial charge on any atom is 0.136 e. The van der Waals surface area contributed by atoms with E-state index in [0.29, 0.717) is 35.7 Å². The van der Waals surface area contributed by atoms with Crippen molar-refractivity contribution in [3.05, 3.63) is 0 Å². The molecule has 0 saturated heterocycles. The Morgan fingerprint density at radius 3 is 2.14 bits per heavy atom. The van der Waals surface area contributed by atoms with Gasteiger partial charge in [0.2, 0.25) is 0 Å². The maximum absolute atomic E-state index is 12.6. The van der Waals surface area contributed by atoms with Crippen LogP contribution in [0.4, 0.5) is 0 Å². The van der Waals surface area contributed by atoms with Crippen molar-refractivity contribution in [2.45, 2.75) is 83.5 Å². The van der Waals surface area contributed by atoms with E-state index in [1.54, 1.807) is 0 Å². The minimum atomic E-state index is 0.364. The minimum Gasteiger partial charge on any atom is -0.299 e. The third-order valence-electron chi connectivity index (χ3n) is 6.12. The van der Waals surface area contributed by atoms with E-state index in [2.05, 4.69) is 0 Å². The number of fused-ring (bicyclic) bond motifs is 1. The van der Waals surface area contributed by atoms with Crippen molar-refractivity contribution in [2.75, 3.05) is 0 Å². The topological polar surface area (TPSA) is 34.1 Å². The van der Waals surface area contributed by atoms with Crippen LogP contribution < -0.4 is 0 Å². The van der Waals surface area contributed by atoms with Crippen LogP contribution in [0.5, 0.6) is 0 Å². The standard InChI is InChI=1S/C19H30O2/c20-18(15-12-13-15)10-3-4-11-19(21)17-9-5-7-14-6-1-2-8-16(14)17/h14-17H,1-13H2. The van der Waals surface area contributed by atoms with Crippen molar-refractivity contribution in [3.8, 4) is 0 Å². The zero-order chi connectivity index (χ0) is 14.7. The number of carbonyl (C=O) groups excluding carboxylic acids is 2. The minimum absolute atomic E-state index is 0.364. The zero-order valence-electron chi connectivity index (χ0n) is 13.3. The molecule has 3 fully saturated rings. The van der Waals surface area contributed by atoms with Gasteiger partial charge in [0.25, 0.3) is 0 Å². The lowest BCUT2D eigenvalue weighted by Crippen LogP contribution is -2.35. The summed E-state index contributed by atoms with van der Waals surface area (Å²) in [4.78, 5) is 24.2. The first-order chi connectivity index (χ1) is 10.3. The smallest absolute Gasteiger partial charge is 0.136 e. The second kappa shape index (κ2) is 7.07. The van der Waals surface area contributed by atoms with E-state index < -0.39 is 0 Å². The summed E-state index contributed by atoms with van der Waals surface area (Å²) in [6.45, 7) is 0. The highest BCUT2D eigenvalue weighted by Gasteiger charge is 2.37. The molecule has 3 saturated carbocycles. The van der Waals surface area contributed by atoms with Gasteiger partial charge in [-0.1, -0.05) is 32.1 Å². The van der Waals surface area contributed by atoms with Crippen molar-refractivity contribution < 1.29 is 9.59 Å². The number of Topliss-reactive ketones (excluding diaryl/α,β-unsaturated/α-hetero) is 2. The van der Waals surface area contributed by atoms with Crippen LogP contribution >= 0.6 is 0 Å². The highest BCUT2D eigenvalue weighted by atomic mass is 16.1. The number of carbonyl (C=O) groups is 2. The molecule has 3 rings (SSSR count). The van der Waals surface area contributed by atoms with E-state index in [9.17, 15) is 9.59 Å². The molecule has 0 spiro atoms. The Hall–Kier alpha value is -0.660. The van der Waals surface area contributed by atoms with Crippen LogP contribution in [0.25, 0.3) is 0 Å². The molecule has 2 nitrogen and oxygen atoms in total. The van der Waals surface area contributed by atoms with Gasteiger partial charge in [-0.3, -0.25) is 9.59 Å². The summed E-state index contributed by atoms with van der Waals surface area (Å²) in [7, 11) is 0. The third kappa shape index (κ3) is 3.96. The van der Waals surface area contributed by atoms with Gasteiger partial charge in [-0.25, -0.2) is 0 Å². The second-order valence-electron chi connectivity index (χ2n) is 7.66. The van der Waals surface area contributed by atoms with E-state index in [1.807, 2.05) is 0 Å². The number of rotatable bonds is 7. The largest absolute Gasteiger partial charge is 0.299 e. The average molecular weight is 290 g/mol. The van der Waals surface area contributed by atoms with Gasteiger partial charge in [-0.2, -0.15) is 0 Å². The Morgan fingerprint density at radius 2 is 1.38 bits per heavy atom. The number of ketones is 2.